The van der Waals surface area contributed by atoms with Gasteiger partial charge in [0.15, 0.2) is 11.6 Å². The lowest BCUT2D eigenvalue weighted by molar-refractivity contribution is -0.142. The second kappa shape index (κ2) is 11.1. The normalized spacial score (nSPS) is 24.9. The van der Waals surface area contributed by atoms with Crippen LogP contribution in [0.3, 0.4) is 0 Å². The minimum absolute atomic E-state index is 0.159. The number of morpholine rings is 1. The van der Waals surface area contributed by atoms with Crippen LogP contribution in [0, 0.1) is 11.6 Å². The third-order valence-electron chi connectivity index (χ3n) is 8.64. The van der Waals surface area contributed by atoms with Gasteiger partial charge in [0.1, 0.15) is 17.7 Å². The first kappa shape index (κ1) is 26.7. The number of nitrogens with two attached hydrogens (primary N) is 1. The van der Waals surface area contributed by atoms with E-state index in [4.69, 9.17) is 10.5 Å². The third kappa shape index (κ3) is 5.19. The van der Waals surface area contributed by atoms with Crippen LogP contribution in [-0.4, -0.2) is 73.0 Å². The molecule has 0 saturated carbocycles. The molecule has 3 fully saturated rings. The average molecular weight is 527 g/mol. The van der Waals surface area contributed by atoms with Crippen LogP contribution in [0.15, 0.2) is 48.5 Å². The summed E-state index contributed by atoms with van der Waals surface area (Å²) in [6, 6.07) is 13.1. The molecule has 2 aromatic rings. The van der Waals surface area contributed by atoms with E-state index in [1.165, 1.54) is 12.5 Å². The molecule has 0 aliphatic carbocycles. The van der Waals surface area contributed by atoms with Crippen molar-refractivity contribution in [2.75, 3.05) is 50.8 Å². The van der Waals surface area contributed by atoms with Gasteiger partial charge in [-0.3, -0.25) is 14.5 Å². The molecule has 1 unspecified atom stereocenters. The van der Waals surface area contributed by atoms with Gasteiger partial charge in [0.2, 0.25) is 5.91 Å². The highest BCUT2D eigenvalue weighted by molar-refractivity contribution is 5.95. The largest absolute Gasteiger partial charge is 0.368 e. The van der Waals surface area contributed by atoms with E-state index < -0.39 is 22.8 Å². The lowest BCUT2D eigenvalue weighted by Gasteiger charge is -2.49. The molecule has 5 rings (SSSR count). The summed E-state index contributed by atoms with van der Waals surface area (Å²) in [5, 5.41) is 0. The fourth-order valence-corrected chi connectivity index (χ4v) is 6.29. The molecule has 204 valence electrons. The van der Waals surface area contributed by atoms with E-state index in [0.717, 1.165) is 37.7 Å². The molecule has 2 aromatic carbocycles. The van der Waals surface area contributed by atoms with Crippen LogP contribution in [0.5, 0.6) is 0 Å². The van der Waals surface area contributed by atoms with E-state index in [9.17, 15) is 18.4 Å². The quantitative estimate of drug-likeness (QED) is 0.598. The van der Waals surface area contributed by atoms with Crippen molar-refractivity contribution in [3.05, 3.63) is 65.7 Å². The van der Waals surface area contributed by atoms with Crippen molar-refractivity contribution in [2.24, 2.45) is 5.73 Å². The van der Waals surface area contributed by atoms with Crippen molar-refractivity contribution in [3.8, 4) is 0 Å². The number of amides is 2. The van der Waals surface area contributed by atoms with Crippen LogP contribution in [0.4, 0.5) is 14.5 Å². The van der Waals surface area contributed by atoms with Crippen molar-refractivity contribution < 1.29 is 23.1 Å². The zero-order valence-electron chi connectivity index (χ0n) is 21.7. The summed E-state index contributed by atoms with van der Waals surface area (Å²) >= 11 is 0. The van der Waals surface area contributed by atoms with Gasteiger partial charge in [0.05, 0.1) is 6.54 Å². The van der Waals surface area contributed by atoms with Gasteiger partial charge in [-0.15, -0.1) is 0 Å². The number of ether oxygens (including phenoxy) is 1. The minimum atomic E-state index is -1.01. The first-order valence-electron chi connectivity index (χ1n) is 13.6. The average Bonchev–Trinajstić information content (AvgIpc) is 2.95. The molecule has 3 aliphatic heterocycles. The van der Waals surface area contributed by atoms with Gasteiger partial charge in [0, 0.05) is 25.3 Å². The monoisotopic (exact) mass is 526 g/mol. The number of anilines is 1. The van der Waals surface area contributed by atoms with E-state index in [0.29, 0.717) is 44.5 Å². The van der Waals surface area contributed by atoms with Crippen LogP contribution in [0.1, 0.15) is 44.1 Å². The Labute approximate surface area is 222 Å². The number of piperidine rings is 2. The summed E-state index contributed by atoms with van der Waals surface area (Å²) in [5.74, 6) is -2.29. The van der Waals surface area contributed by atoms with Crippen molar-refractivity contribution in [1.82, 2.24) is 9.80 Å². The third-order valence-corrected chi connectivity index (χ3v) is 8.64. The lowest BCUT2D eigenvalue weighted by atomic mass is 9.82. The van der Waals surface area contributed by atoms with Crippen molar-refractivity contribution in [3.63, 3.8) is 0 Å². The molecule has 3 saturated heterocycles. The van der Waals surface area contributed by atoms with E-state index in [1.54, 1.807) is 11.0 Å². The SMILES string of the molecule is NC(=O)C1(N2CCCCC2)CCN(CCC2(c3ccc(F)c(F)c3)CN(c3ccccc3)C(=O)CO2)CC1. The fourth-order valence-electron chi connectivity index (χ4n) is 6.29. The van der Waals surface area contributed by atoms with Gasteiger partial charge < -0.3 is 20.3 Å². The summed E-state index contributed by atoms with van der Waals surface area (Å²) < 4.78 is 34.4. The Bertz CT molecular complexity index is 1150. The maximum atomic E-state index is 14.4. The molecular weight excluding hydrogens is 490 g/mol. The highest BCUT2D eigenvalue weighted by atomic mass is 19.2. The molecule has 2 amide bonds. The highest BCUT2D eigenvalue weighted by Gasteiger charge is 2.46. The van der Waals surface area contributed by atoms with E-state index in [2.05, 4.69) is 9.80 Å². The molecule has 38 heavy (non-hydrogen) atoms. The number of nitrogens with zero attached hydrogens (tertiary/aromatic N) is 3. The Balaban J connectivity index is 1.35. The van der Waals surface area contributed by atoms with Crippen LogP contribution in [-0.2, 0) is 19.9 Å². The Morgan fingerprint density at radius 3 is 2.32 bits per heavy atom. The molecule has 0 spiro atoms. The standard InChI is InChI=1S/C29H36F2N4O3/c30-24-10-9-22(19-25(24)31)29(21-35(26(36)20-38-29)23-7-3-1-4-8-23)13-18-33-16-11-28(12-17-33,27(32)37)34-14-5-2-6-15-34/h1,3-4,7-10,19H,2,5-6,11-18,20-21H2,(H2,32,37). The van der Waals surface area contributed by atoms with Crippen molar-refractivity contribution in [2.45, 2.75) is 49.7 Å². The first-order valence-corrected chi connectivity index (χ1v) is 13.6. The molecule has 2 N–H and O–H groups in total. The van der Waals surface area contributed by atoms with Crippen LogP contribution >= 0.6 is 0 Å². The molecule has 0 bridgehead atoms. The number of likely N-dealkylation sites (tertiary alicyclic amines) is 2. The van der Waals surface area contributed by atoms with Gasteiger partial charge in [-0.2, -0.15) is 0 Å². The van der Waals surface area contributed by atoms with E-state index >= 15 is 0 Å². The zero-order chi connectivity index (χ0) is 26.8. The number of carbonyl (C=O) groups excluding carboxylic acids is 2. The molecule has 7 nitrogen and oxygen atoms in total. The van der Waals surface area contributed by atoms with Gasteiger partial charge >= 0.3 is 0 Å². The maximum absolute atomic E-state index is 14.4. The van der Waals surface area contributed by atoms with Crippen LogP contribution < -0.4 is 10.6 Å². The molecular formula is C29H36F2N4O3. The minimum Gasteiger partial charge on any atom is -0.368 e. The van der Waals surface area contributed by atoms with E-state index in [1.807, 2.05) is 30.3 Å². The summed E-state index contributed by atoms with van der Waals surface area (Å²) in [6.45, 7) is 3.86. The number of benzene rings is 2. The number of primary amides is 1. The lowest BCUT2D eigenvalue weighted by Crippen LogP contribution is -2.63. The summed E-state index contributed by atoms with van der Waals surface area (Å²) in [4.78, 5) is 31.7. The molecule has 3 aliphatic rings. The first-order chi connectivity index (χ1) is 18.3. The van der Waals surface area contributed by atoms with Crippen molar-refractivity contribution in [1.29, 1.82) is 0 Å². The highest BCUT2D eigenvalue weighted by Crippen LogP contribution is 2.38. The smallest absolute Gasteiger partial charge is 0.253 e. The second-order valence-corrected chi connectivity index (χ2v) is 10.8. The maximum Gasteiger partial charge on any atom is 0.253 e. The van der Waals surface area contributed by atoms with Gasteiger partial charge in [0.25, 0.3) is 5.91 Å². The van der Waals surface area contributed by atoms with Crippen molar-refractivity contribution >= 4 is 17.5 Å². The predicted molar refractivity (Wildman–Crippen MR) is 140 cm³/mol. The molecule has 3 heterocycles. The Morgan fingerprint density at radius 2 is 1.66 bits per heavy atom. The summed E-state index contributed by atoms with van der Waals surface area (Å²) in [6.07, 6.45) is 5.16. The number of carbonyl (C=O) groups is 2. The molecule has 0 radical (unpaired) electrons. The molecule has 0 aromatic heterocycles. The Hall–Kier alpha value is -2.88. The van der Waals surface area contributed by atoms with Gasteiger partial charge in [-0.05, 0) is 75.0 Å². The zero-order valence-corrected chi connectivity index (χ0v) is 21.7. The van der Waals surface area contributed by atoms with Gasteiger partial charge in [-0.1, -0.05) is 30.7 Å². The molecule has 9 heteroatoms. The Kier molecular flexibility index (Phi) is 7.79. The number of halogens is 2. The second-order valence-electron chi connectivity index (χ2n) is 10.8. The van der Waals surface area contributed by atoms with Gasteiger partial charge in [-0.25, -0.2) is 8.78 Å². The Morgan fingerprint density at radius 1 is 0.947 bits per heavy atom. The number of para-hydroxylation sites is 1. The number of rotatable bonds is 7. The predicted octanol–water partition coefficient (Wildman–Crippen LogP) is 3.42. The summed E-state index contributed by atoms with van der Waals surface area (Å²) in [7, 11) is 0. The fraction of sp³-hybridized carbons (Fsp3) is 0.517. The van der Waals surface area contributed by atoms with Crippen LogP contribution in [0.2, 0.25) is 0 Å². The topological polar surface area (TPSA) is 79.1 Å². The molecule has 1 atom stereocenters. The van der Waals surface area contributed by atoms with Crippen LogP contribution in [0.25, 0.3) is 0 Å². The number of hydrogen-bond acceptors (Lipinski definition) is 5. The number of hydrogen-bond donors (Lipinski definition) is 1. The summed E-state index contributed by atoms with van der Waals surface area (Å²) in [5.41, 5.74) is 5.57. The van der Waals surface area contributed by atoms with E-state index in [-0.39, 0.29) is 25.0 Å².